The van der Waals surface area contributed by atoms with Crippen LogP contribution in [-0.4, -0.2) is 24.6 Å². The fourth-order valence-electron chi connectivity index (χ4n) is 2.21. The first-order chi connectivity index (χ1) is 11.4. The summed E-state index contributed by atoms with van der Waals surface area (Å²) in [6.45, 7) is 0. The number of non-ortho nitro benzene ring substituents is 3. The maximum Gasteiger partial charge on any atom is 0.287 e. The summed E-state index contributed by atoms with van der Waals surface area (Å²) in [4.78, 5) is 30.6. The van der Waals surface area contributed by atoms with Gasteiger partial charge in [-0.3, -0.25) is 30.3 Å². The molecule has 11 heteroatoms. The molecule has 11 nitrogen and oxygen atoms in total. The van der Waals surface area contributed by atoms with Gasteiger partial charge >= 0.3 is 0 Å². The van der Waals surface area contributed by atoms with Crippen LogP contribution in [0.3, 0.4) is 0 Å². The highest BCUT2D eigenvalue weighted by Crippen LogP contribution is 2.31. The predicted octanol–water partition coefficient (Wildman–Crippen LogP) is 2.75. The average molecular weight is 329 g/mol. The average Bonchev–Trinajstić information content (AvgIpc) is 2.97. The number of fused-ring (bicyclic) bond motifs is 1. The molecule has 1 heterocycles. The maximum absolute atomic E-state index is 11.1. The normalized spacial score (nSPS) is 10.7. The maximum atomic E-state index is 11.1. The second kappa shape index (κ2) is 5.39. The van der Waals surface area contributed by atoms with Crippen LogP contribution >= 0.6 is 0 Å². The summed E-state index contributed by atoms with van der Waals surface area (Å²) in [6.07, 6.45) is 1.35. The van der Waals surface area contributed by atoms with Crippen LogP contribution in [-0.2, 0) is 0 Å². The number of hydrogen-bond donors (Lipinski definition) is 0. The molecule has 0 radical (unpaired) electrons. The van der Waals surface area contributed by atoms with Crippen molar-refractivity contribution in [2.24, 2.45) is 0 Å². The van der Waals surface area contributed by atoms with Crippen LogP contribution in [0.2, 0.25) is 0 Å². The molecule has 2 aromatic carbocycles. The van der Waals surface area contributed by atoms with Crippen molar-refractivity contribution in [2.45, 2.75) is 0 Å². The van der Waals surface area contributed by atoms with Crippen LogP contribution in [0.1, 0.15) is 0 Å². The van der Waals surface area contributed by atoms with Gasteiger partial charge in [-0.25, -0.2) is 4.68 Å². The number of nitrogens with zero attached hydrogens (tertiary/aromatic N) is 5. The highest BCUT2D eigenvalue weighted by molar-refractivity contribution is 5.90. The Morgan fingerprint density at radius 1 is 0.833 bits per heavy atom. The minimum atomic E-state index is -0.739. The van der Waals surface area contributed by atoms with Crippen molar-refractivity contribution in [3.8, 4) is 5.69 Å². The lowest BCUT2D eigenvalue weighted by Crippen LogP contribution is -1.95. The molecule has 24 heavy (non-hydrogen) atoms. The molecule has 0 N–H and O–H groups in total. The molecule has 0 unspecified atom stereocenters. The van der Waals surface area contributed by atoms with Crippen molar-refractivity contribution < 1.29 is 14.8 Å². The van der Waals surface area contributed by atoms with Gasteiger partial charge in [-0.15, -0.1) is 0 Å². The first-order valence-corrected chi connectivity index (χ1v) is 6.44. The molecule has 3 aromatic rings. The Balaban J connectivity index is 2.17. The summed E-state index contributed by atoms with van der Waals surface area (Å²) >= 11 is 0. The summed E-state index contributed by atoms with van der Waals surface area (Å²) in [6, 6.07) is 7.36. The van der Waals surface area contributed by atoms with Gasteiger partial charge in [0, 0.05) is 24.4 Å². The minimum Gasteiger partial charge on any atom is -0.258 e. The molecule has 120 valence electrons. The van der Waals surface area contributed by atoms with Crippen LogP contribution < -0.4 is 0 Å². The number of benzene rings is 2. The lowest BCUT2D eigenvalue weighted by Gasteiger charge is -1.99. The van der Waals surface area contributed by atoms with E-state index in [0.717, 1.165) is 12.1 Å². The Hall–Kier alpha value is -3.89. The van der Waals surface area contributed by atoms with Crippen molar-refractivity contribution in [2.75, 3.05) is 0 Å². The monoisotopic (exact) mass is 329 g/mol. The van der Waals surface area contributed by atoms with E-state index in [-0.39, 0.29) is 16.6 Å². The van der Waals surface area contributed by atoms with Gasteiger partial charge in [0.1, 0.15) is 5.52 Å². The fraction of sp³-hybridized carbons (Fsp3) is 0. The number of rotatable bonds is 4. The lowest BCUT2D eigenvalue weighted by molar-refractivity contribution is -0.393. The SMILES string of the molecule is O=[N+]([O-])c1ccc(-n2cc3c([N+](=O)[O-])cc([N+](=O)[O-])cc3n2)cc1. The van der Waals surface area contributed by atoms with Gasteiger partial charge in [0.2, 0.25) is 0 Å². The lowest BCUT2D eigenvalue weighted by atomic mass is 10.2. The third-order valence-electron chi connectivity index (χ3n) is 3.32. The molecular weight excluding hydrogens is 322 g/mol. The highest BCUT2D eigenvalue weighted by Gasteiger charge is 2.22. The van der Waals surface area contributed by atoms with E-state index in [4.69, 9.17) is 0 Å². The minimum absolute atomic E-state index is 0.0780. The van der Waals surface area contributed by atoms with Crippen molar-refractivity contribution in [1.82, 2.24) is 9.78 Å². The third-order valence-corrected chi connectivity index (χ3v) is 3.32. The van der Waals surface area contributed by atoms with E-state index in [1.165, 1.54) is 35.1 Å². The van der Waals surface area contributed by atoms with Gasteiger partial charge in [-0.2, -0.15) is 5.10 Å². The van der Waals surface area contributed by atoms with E-state index in [1.54, 1.807) is 0 Å². The topological polar surface area (TPSA) is 147 Å². The fourth-order valence-corrected chi connectivity index (χ4v) is 2.21. The van der Waals surface area contributed by atoms with Crippen molar-refractivity contribution in [3.05, 3.63) is 72.9 Å². The first kappa shape index (κ1) is 15.0. The van der Waals surface area contributed by atoms with Gasteiger partial charge in [-0.05, 0) is 12.1 Å². The van der Waals surface area contributed by atoms with E-state index in [9.17, 15) is 30.3 Å². The number of hydrogen-bond acceptors (Lipinski definition) is 7. The Bertz CT molecular complexity index is 994. The molecule has 0 fully saturated rings. The Kier molecular flexibility index (Phi) is 3.37. The second-order valence-electron chi connectivity index (χ2n) is 4.76. The Morgan fingerprint density at radius 3 is 2.00 bits per heavy atom. The molecule has 0 saturated carbocycles. The van der Waals surface area contributed by atoms with Gasteiger partial charge < -0.3 is 0 Å². The van der Waals surface area contributed by atoms with E-state index in [1.807, 2.05) is 0 Å². The zero-order valence-corrected chi connectivity index (χ0v) is 11.7. The molecule has 3 rings (SSSR count). The van der Waals surface area contributed by atoms with E-state index in [2.05, 4.69) is 5.10 Å². The number of nitro groups is 3. The zero-order valence-electron chi connectivity index (χ0n) is 11.7. The second-order valence-corrected chi connectivity index (χ2v) is 4.76. The molecule has 0 atom stereocenters. The van der Waals surface area contributed by atoms with Gasteiger partial charge in [-0.1, -0.05) is 0 Å². The molecule has 0 aliphatic rings. The summed E-state index contributed by atoms with van der Waals surface area (Å²) in [5, 5.41) is 36.9. The number of aromatic nitrogens is 2. The van der Waals surface area contributed by atoms with E-state index >= 15 is 0 Å². The smallest absolute Gasteiger partial charge is 0.258 e. The molecular formula is C13H7N5O6. The standard InChI is InChI=1S/C13H7N5O6/c19-16(20)9-3-1-8(2-4-9)15-7-11-12(14-15)5-10(17(21)22)6-13(11)18(23)24/h1-7H. The van der Waals surface area contributed by atoms with E-state index < -0.39 is 26.1 Å². The van der Waals surface area contributed by atoms with Gasteiger partial charge in [0.25, 0.3) is 17.1 Å². The highest BCUT2D eigenvalue weighted by atomic mass is 16.6. The van der Waals surface area contributed by atoms with Crippen LogP contribution in [0.15, 0.2) is 42.6 Å². The molecule has 0 aliphatic carbocycles. The molecule has 0 spiro atoms. The quantitative estimate of drug-likeness (QED) is 0.527. The largest absolute Gasteiger partial charge is 0.287 e. The van der Waals surface area contributed by atoms with Gasteiger partial charge in [0.15, 0.2) is 0 Å². The van der Waals surface area contributed by atoms with Crippen LogP contribution in [0.25, 0.3) is 16.6 Å². The summed E-state index contributed by atoms with van der Waals surface area (Å²) in [5.41, 5.74) is -0.490. The first-order valence-electron chi connectivity index (χ1n) is 6.44. The summed E-state index contributed by atoms with van der Waals surface area (Å²) in [7, 11) is 0. The number of nitro benzene ring substituents is 3. The predicted molar refractivity (Wildman–Crippen MR) is 81.0 cm³/mol. The van der Waals surface area contributed by atoms with Crippen molar-refractivity contribution in [3.63, 3.8) is 0 Å². The van der Waals surface area contributed by atoms with Crippen molar-refractivity contribution >= 4 is 28.0 Å². The molecule has 0 bridgehead atoms. The molecule has 1 aromatic heterocycles. The molecule has 0 aliphatic heterocycles. The van der Waals surface area contributed by atoms with Gasteiger partial charge in [0.05, 0.1) is 31.9 Å². The molecule has 0 saturated heterocycles. The third kappa shape index (κ3) is 2.49. The molecule has 0 amide bonds. The van der Waals surface area contributed by atoms with E-state index in [0.29, 0.717) is 5.69 Å². The van der Waals surface area contributed by atoms with Crippen LogP contribution in [0.5, 0.6) is 0 Å². The summed E-state index contributed by atoms with van der Waals surface area (Å²) < 4.78 is 1.27. The van der Waals surface area contributed by atoms with Crippen LogP contribution in [0, 0.1) is 30.3 Å². The zero-order chi connectivity index (χ0) is 17.4. The Labute approximate surface area is 132 Å². The Morgan fingerprint density at radius 2 is 1.46 bits per heavy atom. The van der Waals surface area contributed by atoms with Crippen LogP contribution in [0.4, 0.5) is 17.1 Å². The summed E-state index contributed by atoms with van der Waals surface area (Å²) in [5.74, 6) is 0. The van der Waals surface area contributed by atoms with Crippen molar-refractivity contribution in [1.29, 1.82) is 0 Å².